The van der Waals surface area contributed by atoms with Gasteiger partial charge in [-0.2, -0.15) is 4.31 Å². The molecule has 1 aromatic carbocycles. The lowest BCUT2D eigenvalue weighted by atomic mass is 10.1. The molecule has 0 aliphatic carbocycles. The Balaban J connectivity index is 1.87. The highest BCUT2D eigenvalue weighted by molar-refractivity contribution is 7.88. The molecular formula is C17H19N3O4S2. The Morgan fingerprint density at radius 3 is 2.58 bits per heavy atom. The van der Waals surface area contributed by atoms with Gasteiger partial charge in [-0.25, -0.2) is 13.4 Å². The number of ketones is 1. The van der Waals surface area contributed by atoms with Crippen molar-refractivity contribution in [3.63, 3.8) is 0 Å². The van der Waals surface area contributed by atoms with Crippen molar-refractivity contribution in [1.82, 2.24) is 9.29 Å². The smallest absolute Gasteiger partial charge is 0.244 e. The van der Waals surface area contributed by atoms with Crippen molar-refractivity contribution in [3.05, 3.63) is 35.2 Å². The molecule has 1 aromatic heterocycles. The van der Waals surface area contributed by atoms with Crippen molar-refractivity contribution >= 4 is 38.2 Å². The van der Waals surface area contributed by atoms with Crippen molar-refractivity contribution in [2.45, 2.75) is 25.8 Å². The largest absolute Gasteiger partial charge is 0.301 e. The second-order valence-electron chi connectivity index (χ2n) is 6.14. The summed E-state index contributed by atoms with van der Waals surface area (Å²) >= 11 is 1.10. The SMILES string of the molecule is CC(=O)c1sc(NC(=O)C2CCCN2S(C)(=O)=O)nc1-c1ccccc1. The van der Waals surface area contributed by atoms with E-state index in [9.17, 15) is 18.0 Å². The standard InChI is InChI=1S/C17H19N3O4S2/c1-11(21)15-14(12-7-4-3-5-8-12)18-17(25-15)19-16(22)13-9-6-10-20(13)26(2,23)24/h3-5,7-8,13H,6,9-10H2,1-2H3,(H,18,19,22). The minimum Gasteiger partial charge on any atom is -0.301 e. The Bertz CT molecular complexity index is 938. The number of nitrogens with zero attached hydrogens (tertiary/aromatic N) is 2. The summed E-state index contributed by atoms with van der Waals surface area (Å²) in [6.07, 6.45) is 2.20. The first kappa shape index (κ1) is 18.7. The van der Waals surface area contributed by atoms with Gasteiger partial charge in [0.25, 0.3) is 0 Å². The molecule has 1 aliphatic heterocycles. The maximum atomic E-state index is 12.6. The molecule has 2 aromatic rings. The molecule has 0 spiro atoms. The normalized spacial score (nSPS) is 18.0. The number of amides is 1. The summed E-state index contributed by atoms with van der Waals surface area (Å²) in [5, 5.41) is 2.97. The third-order valence-corrected chi connectivity index (χ3v) is 6.52. The first-order valence-corrected chi connectivity index (χ1v) is 10.8. The zero-order valence-electron chi connectivity index (χ0n) is 14.4. The van der Waals surface area contributed by atoms with E-state index in [1.165, 1.54) is 11.2 Å². The van der Waals surface area contributed by atoms with Crippen LogP contribution in [-0.2, 0) is 14.8 Å². The molecule has 1 saturated heterocycles. The molecule has 1 N–H and O–H groups in total. The van der Waals surface area contributed by atoms with E-state index in [1.807, 2.05) is 30.3 Å². The fourth-order valence-electron chi connectivity index (χ4n) is 2.99. The van der Waals surface area contributed by atoms with Crippen LogP contribution < -0.4 is 5.32 Å². The number of aromatic nitrogens is 1. The second-order valence-corrected chi connectivity index (χ2v) is 9.07. The maximum Gasteiger partial charge on any atom is 0.244 e. The number of anilines is 1. The summed E-state index contributed by atoms with van der Waals surface area (Å²) in [5.41, 5.74) is 1.30. The van der Waals surface area contributed by atoms with Gasteiger partial charge in [0, 0.05) is 19.0 Å². The first-order chi connectivity index (χ1) is 12.3. The third kappa shape index (κ3) is 3.84. The van der Waals surface area contributed by atoms with Crippen LogP contribution in [0.15, 0.2) is 30.3 Å². The van der Waals surface area contributed by atoms with Gasteiger partial charge in [-0.05, 0) is 12.8 Å². The molecule has 1 fully saturated rings. The zero-order valence-corrected chi connectivity index (χ0v) is 16.1. The molecule has 138 valence electrons. The molecule has 1 atom stereocenters. The number of hydrogen-bond acceptors (Lipinski definition) is 6. The summed E-state index contributed by atoms with van der Waals surface area (Å²) in [7, 11) is -3.45. The average Bonchev–Trinajstić information content (AvgIpc) is 3.22. The molecule has 9 heteroatoms. The minimum absolute atomic E-state index is 0.138. The number of hydrogen-bond donors (Lipinski definition) is 1. The van der Waals surface area contributed by atoms with Gasteiger partial charge >= 0.3 is 0 Å². The number of benzene rings is 1. The summed E-state index contributed by atoms with van der Waals surface area (Å²) in [6.45, 7) is 1.79. The maximum absolute atomic E-state index is 12.6. The summed E-state index contributed by atoms with van der Waals surface area (Å²) in [6, 6.07) is 8.50. The molecule has 1 aliphatic rings. The lowest BCUT2D eigenvalue weighted by Crippen LogP contribution is -2.42. The van der Waals surface area contributed by atoms with Crippen LogP contribution >= 0.6 is 11.3 Å². The Kier molecular flexibility index (Phi) is 5.22. The fourth-order valence-corrected chi connectivity index (χ4v) is 5.00. The number of sulfonamides is 1. The highest BCUT2D eigenvalue weighted by atomic mass is 32.2. The molecule has 1 amide bonds. The van der Waals surface area contributed by atoms with Crippen molar-refractivity contribution in [3.8, 4) is 11.3 Å². The van der Waals surface area contributed by atoms with E-state index in [4.69, 9.17) is 0 Å². The van der Waals surface area contributed by atoms with Crippen LogP contribution in [0.2, 0.25) is 0 Å². The zero-order chi connectivity index (χ0) is 18.9. The minimum atomic E-state index is -3.45. The van der Waals surface area contributed by atoms with Gasteiger partial charge < -0.3 is 5.32 Å². The highest BCUT2D eigenvalue weighted by Gasteiger charge is 2.36. The predicted molar refractivity (Wildman–Crippen MR) is 101 cm³/mol. The summed E-state index contributed by atoms with van der Waals surface area (Å²) in [5.74, 6) is -0.558. The van der Waals surface area contributed by atoms with Crippen LogP contribution in [-0.4, -0.2) is 48.2 Å². The van der Waals surface area contributed by atoms with Gasteiger partial charge in [0.15, 0.2) is 10.9 Å². The summed E-state index contributed by atoms with van der Waals surface area (Å²) < 4.78 is 24.9. The fraction of sp³-hybridized carbons (Fsp3) is 0.353. The molecule has 26 heavy (non-hydrogen) atoms. The predicted octanol–water partition coefficient (Wildman–Crippen LogP) is 2.38. The second kappa shape index (κ2) is 7.26. The molecule has 0 bridgehead atoms. The quantitative estimate of drug-likeness (QED) is 0.787. The number of rotatable bonds is 5. The Hall–Kier alpha value is -2.10. The topological polar surface area (TPSA) is 96.4 Å². The number of carbonyl (C=O) groups excluding carboxylic acids is 2. The molecule has 1 unspecified atom stereocenters. The van der Waals surface area contributed by atoms with Crippen LogP contribution in [0.25, 0.3) is 11.3 Å². The Morgan fingerprint density at radius 1 is 1.27 bits per heavy atom. The van der Waals surface area contributed by atoms with E-state index in [-0.39, 0.29) is 5.78 Å². The molecular weight excluding hydrogens is 374 g/mol. The first-order valence-electron chi connectivity index (χ1n) is 8.12. The van der Waals surface area contributed by atoms with Crippen molar-refractivity contribution in [2.75, 3.05) is 18.1 Å². The van der Waals surface area contributed by atoms with E-state index in [1.54, 1.807) is 0 Å². The van der Waals surface area contributed by atoms with E-state index >= 15 is 0 Å². The van der Waals surface area contributed by atoms with Crippen LogP contribution in [0.4, 0.5) is 5.13 Å². The number of carbonyl (C=O) groups is 2. The van der Waals surface area contributed by atoms with Crippen molar-refractivity contribution in [2.24, 2.45) is 0 Å². The van der Waals surface area contributed by atoms with Gasteiger partial charge in [-0.3, -0.25) is 9.59 Å². The van der Waals surface area contributed by atoms with Gasteiger partial charge in [0.2, 0.25) is 15.9 Å². The van der Waals surface area contributed by atoms with E-state index in [0.717, 1.165) is 23.2 Å². The molecule has 0 radical (unpaired) electrons. The van der Waals surface area contributed by atoms with E-state index in [2.05, 4.69) is 10.3 Å². The lowest BCUT2D eigenvalue weighted by molar-refractivity contribution is -0.119. The average molecular weight is 393 g/mol. The number of nitrogens with one attached hydrogen (secondary N) is 1. The van der Waals surface area contributed by atoms with Gasteiger partial charge in [-0.1, -0.05) is 41.7 Å². The monoisotopic (exact) mass is 393 g/mol. The van der Waals surface area contributed by atoms with Crippen LogP contribution in [0.5, 0.6) is 0 Å². The summed E-state index contributed by atoms with van der Waals surface area (Å²) in [4.78, 5) is 29.4. The van der Waals surface area contributed by atoms with Crippen molar-refractivity contribution < 1.29 is 18.0 Å². The lowest BCUT2D eigenvalue weighted by Gasteiger charge is -2.20. The van der Waals surface area contributed by atoms with Gasteiger partial charge in [0.1, 0.15) is 6.04 Å². The van der Waals surface area contributed by atoms with Crippen LogP contribution in [0.1, 0.15) is 29.4 Å². The molecule has 0 saturated carbocycles. The Morgan fingerprint density at radius 2 is 1.96 bits per heavy atom. The highest BCUT2D eigenvalue weighted by Crippen LogP contribution is 2.32. The van der Waals surface area contributed by atoms with Crippen molar-refractivity contribution in [1.29, 1.82) is 0 Å². The van der Waals surface area contributed by atoms with Gasteiger partial charge in [0.05, 0.1) is 16.8 Å². The van der Waals surface area contributed by atoms with E-state index < -0.39 is 22.0 Å². The number of Topliss-reactive ketones (excluding diaryl/α,β-unsaturated/α-hetero) is 1. The molecule has 3 rings (SSSR count). The number of thiazole rings is 1. The van der Waals surface area contributed by atoms with E-state index in [0.29, 0.717) is 35.1 Å². The van der Waals surface area contributed by atoms with Crippen LogP contribution in [0, 0.1) is 0 Å². The third-order valence-electron chi connectivity index (χ3n) is 4.16. The van der Waals surface area contributed by atoms with Crippen LogP contribution in [0.3, 0.4) is 0 Å². The molecule has 7 nitrogen and oxygen atoms in total. The molecule has 2 heterocycles. The van der Waals surface area contributed by atoms with Gasteiger partial charge in [-0.15, -0.1) is 0 Å². The Labute approximate surface area is 156 Å².